The van der Waals surface area contributed by atoms with E-state index in [1.54, 1.807) is 14.0 Å². The summed E-state index contributed by atoms with van der Waals surface area (Å²) in [6.45, 7) is 6.38. The number of amides is 2. The van der Waals surface area contributed by atoms with Crippen LogP contribution in [0, 0.1) is 5.92 Å². The molecule has 0 aromatic carbocycles. The molecule has 2 amide bonds. The van der Waals surface area contributed by atoms with Crippen LogP contribution in [-0.2, 0) is 11.8 Å². The van der Waals surface area contributed by atoms with Crippen molar-refractivity contribution in [2.24, 2.45) is 13.0 Å². The van der Waals surface area contributed by atoms with E-state index >= 15 is 0 Å². The second kappa shape index (κ2) is 6.18. The molecule has 0 fully saturated rings. The van der Waals surface area contributed by atoms with Gasteiger partial charge in [-0.3, -0.25) is 14.3 Å². The van der Waals surface area contributed by atoms with Crippen LogP contribution in [0.15, 0.2) is 6.20 Å². The van der Waals surface area contributed by atoms with Crippen molar-refractivity contribution in [1.29, 1.82) is 0 Å². The Kier molecular flexibility index (Phi) is 4.88. The summed E-state index contributed by atoms with van der Waals surface area (Å²) in [5, 5.41) is 9.47. The third-order valence-electron chi connectivity index (χ3n) is 2.42. The molecule has 6 nitrogen and oxygen atoms in total. The van der Waals surface area contributed by atoms with Gasteiger partial charge in [0.1, 0.15) is 5.69 Å². The number of aryl methyl sites for hydroxylation is 1. The van der Waals surface area contributed by atoms with Gasteiger partial charge in [-0.05, 0) is 5.92 Å². The Morgan fingerprint density at radius 2 is 2.11 bits per heavy atom. The number of nitrogens with one attached hydrogen (secondary N) is 2. The van der Waals surface area contributed by atoms with Crippen molar-refractivity contribution in [3.05, 3.63) is 11.9 Å². The van der Waals surface area contributed by atoms with Gasteiger partial charge in [-0.1, -0.05) is 20.8 Å². The van der Waals surface area contributed by atoms with Crippen molar-refractivity contribution in [3.63, 3.8) is 0 Å². The molecule has 0 spiro atoms. The highest BCUT2D eigenvalue weighted by molar-refractivity contribution is 6.02. The number of hydrogen-bond acceptors (Lipinski definition) is 3. The number of anilines is 1. The minimum Gasteiger partial charge on any atom is -0.350 e. The van der Waals surface area contributed by atoms with Gasteiger partial charge in [-0.15, -0.1) is 0 Å². The van der Waals surface area contributed by atoms with Gasteiger partial charge in [0.05, 0.1) is 11.9 Å². The standard InChI is InChI=1S/C12H20N4O2/c1-5-10(17)15-9-7-14-16(4)11(9)12(18)13-6-8(2)3/h7-8H,5-6H2,1-4H3,(H,13,18)(H,15,17). The van der Waals surface area contributed by atoms with E-state index < -0.39 is 0 Å². The normalized spacial score (nSPS) is 10.5. The number of nitrogens with zero attached hydrogens (tertiary/aromatic N) is 2. The van der Waals surface area contributed by atoms with Gasteiger partial charge in [0.2, 0.25) is 5.91 Å². The van der Waals surface area contributed by atoms with E-state index in [1.807, 2.05) is 13.8 Å². The van der Waals surface area contributed by atoms with Crippen molar-refractivity contribution >= 4 is 17.5 Å². The van der Waals surface area contributed by atoms with Gasteiger partial charge < -0.3 is 10.6 Å². The highest BCUT2D eigenvalue weighted by atomic mass is 16.2. The third-order valence-corrected chi connectivity index (χ3v) is 2.42. The lowest BCUT2D eigenvalue weighted by atomic mass is 10.2. The SMILES string of the molecule is CCC(=O)Nc1cnn(C)c1C(=O)NCC(C)C. The van der Waals surface area contributed by atoms with Crippen LogP contribution in [0.1, 0.15) is 37.7 Å². The molecule has 0 saturated heterocycles. The topological polar surface area (TPSA) is 76.0 Å². The van der Waals surface area contributed by atoms with Crippen LogP contribution in [0.5, 0.6) is 0 Å². The van der Waals surface area contributed by atoms with Gasteiger partial charge in [0.15, 0.2) is 0 Å². The van der Waals surface area contributed by atoms with E-state index in [4.69, 9.17) is 0 Å². The highest BCUT2D eigenvalue weighted by Crippen LogP contribution is 2.14. The van der Waals surface area contributed by atoms with Crippen molar-refractivity contribution < 1.29 is 9.59 Å². The maximum atomic E-state index is 12.0. The summed E-state index contributed by atoms with van der Waals surface area (Å²) >= 11 is 0. The average Bonchev–Trinajstić information content (AvgIpc) is 2.67. The van der Waals surface area contributed by atoms with Crippen molar-refractivity contribution in [2.45, 2.75) is 27.2 Å². The van der Waals surface area contributed by atoms with E-state index in [1.165, 1.54) is 10.9 Å². The number of carbonyl (C=O) groups is 2. The fraction of sp³-hybridized carbons (Fsp3) is 0.583. The molecule has 1 rings (SSSR count). The molecule has 0 aliphatic heterocycles. The van der Waals surface area contributed by atoms with E-state index in [9.17, 15) is 9.59 Å². The summed E-state index contributed by atoms with van der Waals surface area (Å²) in [5.41, 5.74) is 0.822. The van der Waals surface area contributed by atoms with Gasteiger partial charge in [-0.2, -0.15) is 5.10 Å². The molecule has 0 aliphatic rings. The van der Waals surface area contributed by atoms with Crippen LogP contribution in [0.3, 0.4) is 0 Å². The van der Waals surface area contributed by atoms with E-state index in [0.717, 1.165) is 0 Å². The second-order valence-electron chi connectivity index (χ2n) is 4.54. The zero-order valence-electron chi connectivity index (χ0n) is 11.3. The number of carbonyl (C=O) groups excluding carboxylic acids is 2. The molecule has 1 aromatic rings. The van der Waals surface area contributed by atoms with Crippen LogP contribution in [0.2, 0.25) is 0 Å². The first-order valence-corrected chi connectivity index (χ1v) is 6.05. The molecular weight excluding hydrogens is 232 g/mol. The minimum absolute atomic E-state index is 0.138. The largest absolute Gasteiger partial charge is 0.350 e. The lowest BCUT2D eigenvalue weighted by molar-refractivity contribution is -0.115. The van der Waals surface area contributed by atoms with E-state index in [2.05, 4.69) is 15.7 Å². The summed E-state index contributed by atoms with van der Waals surface area (Å²) in [6, 6.07) is 0. The Hall–Kier alpha value is -1.85. The van der Waals surface area contributed by atoms with Crippen molar-refractivity contribution in [2.75, 3.05) is 11.9 Å². The predicted octanol–water partition coefficient (Wildman–Crippen LogP) is 1.15. The van der Waals surface area contributed by atoms with Crippen molar-refractivity contribution in [3.8, 4) is 0 Å². The average molecular weight is 252 g/mol. The van der Waals surface area contributed by atoms with E-state index in [0.29, 0.717) is 30.3 Å². The Morgan fingerprint density at radius 3 is 2.67 bits per heavy atom. The lowest BCUT2D eigenvalue weighted by Crippen LogP contribution is -2.30. The molecule has 18 heavy (non-hydrogen) atoms. The predicted molar refractivity (Wildman–Crippen MR) is 69.3 cm³/mol. The fourth-order valence-corrected chi connectivity index (χ4v) is 1.42. The van der Waals surface area contributed by atoms with Crippen LogP contribution in [0.4, 0.5) is 5.69 Å². The Balaban J connectivity index is 2.83. The molecule has 1 heterocycles. The molecule has 100 valence electrons. The molecule has 0 atom stereocenters. The van der Waals surface area contributed by atoms with Crippen LogP contribution < -0.4 is 10.6 Å². The van der Waals surface area contributed by atoms with Crippen LogP contribution in [0.25, 0.3) is 0 Å². The first kappa shape index (κ1) is 14.2. The van der Waals surface area contributed by atoms with Gasteiger partial charge >= 0.3 is 0 Å². The zero-order chi connectivity index (χ0) is 13.7. The number of rotatable bonds is 5. The van der Waals surface area contributed by atoms with Crippen molar-refractivity contribution in [1.82, 2.24) is 15.1 Å². The van der Waals surface area contributed by atoms with Gasteiger partial charge in [-0.25, -0.2) is 0 Å². The summed E-state index contributed by atoms with van der Waals surface area (Å²) in [4.78, 5) is 23.4. The molecule has 6 heteroatoms. The number of aromatic nitrogens is 2. The molecule has 0 aliphatic carbocycles. The molecular formula is C12H20N4O2. The van der Waals surface area contributed by atoms with Crippen LogP contribution >= 0.6 is 0 Å². The maximum absolute atomic E-state index is 12.0. The third kappa shape index (κ3) is 3.58. The lowest BCUT2D eigenvalue weighted by Gasteiger charge is -2.10. The second-order valence-corrected chi connectivity index (χ2v) is 4.54. The fourth-order valence-electron chi connectivity index (χ4n) is 1.42. The zero-order valence-corrected chi connectivity index (χ0v) is 11.3. The monoisotopic (exact) mass is 252 g/mol. The Morgan fingerprint density at radius 1 is 1.44 bits per heavy atom. The maximum Gasteiger partial charge on any atom is 0.271 e. The summed E-state index contributed by atoms with van der Waals surface area (Å²) in [7, 11) is 1.67. The van der Waals surface area contributed by atoms with Crippen LogP contribution in [-0.4, -0.2) is 28.1 Å². The Labute approximate surface area is 107 Å². The molecule has 0 saturated carbocycles. The first-order valence-electron chi connectivity index (χ1n) is 6.05. The summed E-state index contributed by atoms with van der Waals surface area (Å²) in [5.74, 6) is 0.00636. The molecule has 0 bridgehead atoms. The summed E-state index contributed by atoms with van der Waals surface area (Å²) in [6.07, 6.45) is 1.85. The quantitative estimate of drug-likeness (QED) is 0.825. The van der Waals surface area contributed by atoms with Gasteiger partial charge in [0, 0.05) is 20.0 Å². The molecule has 2 N–H and O–H groups in total. The molecule has 0 unspecified atom stereocenters. The highest BCUT2D eigenvalue weighted by Gasteiger charge is 2.18. The van der Waals surface area contributed by atoms with Gasteiger partial charge in [0.25, 0.3) is 5.91 Å². The minimum atomic E-state index is -0.227. The Bertz CT molecular complexity index is 437. The number of hydrogen-bond donors (Lipinski definition) is 2. The molecule has 1 aromatic heterocycles. The smallest absolute Gasteiger partial charge is 0.271 e. The summed E-state index contributed by atoms with van der Waals surface area (Å²) < 4.78 is 1.46. The van der Waals surface area contributed by atoms with E-state index in [-0.39, 0.29) is 11.8 Å². The molecule has 0 radical (unpaired) electrons. The first-order chi connectivity index (χ1) is 8.45.